The molecule has 0 atom stereocenters. The molecule has 0 fully saturated rings. The van der Waals surface area contributed by atoms with Crippen molar-refractivity contribution < 1.29 is 4.74 Å². The summed E-state index contributed by atoms with van der Waals surface area (Å²) < 4.78 is 7.19. The van der Waals surface area contributed by atoms with Gasteiger partial charge in [-0.25, -0.2) is 9.97 Å². The summed E-state index contributed by atoms with van der Waals surface area (Å²) in [5, 5.41) is 1.05. The SMILES string of the molecule is COc1ccc(-c2nc3ncccn3c2-c2ccc(SC)c(Cl)c2Cl)cc1. The van der Waals surface area contributed by atoms with Crippen LogP contribution < -0.4 is 4.74 Å². The first-order chi connectivity index (χ1) is 13.1. The van der Waals surface area contributed by atoms with Gasteiger partial charge >= 0.3 is 0 Å². The normalized spacial score (nSPS) is 11.1. The molecule has 0 aliphatic carbocycles. The van der Waals surface area contributed by atoms with Crippen molar-refractivity contribution in [1.82, 2.24) is 14.4 Å². The van der Waals surface area contributed by atoms with Gasteiger partial charge in [0.05, 0.1) is 28.5 Å². The van der Waals surface area contributed by atoms with Crippen LogP contribution >= 0.6 is 35.0 Å². The number of imidazole rings is 1. The Kier molecular flexibility index (Phi) is 5.00. The second kappa shape index (κ2) is 7.43. The highest BCUT2D eigenvalue weighted by molar-refractivity contribution is 7.98. The number of halogens is 2. The highest BCUT2D eigenvalue weighted by Crippen LogP contribution is 2.42. The number of rotatable bonds is 4. The van der Waals surface area contributed by atoms with Crippen LogP contribution in [0.4, 0.5) is 0 Å². The zero-order valence-corrected chi connectivity index (χ0v) is 16.9. The summed E-state index contributed by atoms with van der Waals surface area (Å²) in [5.41, 5.74) is 3.39. The van der Waals surface area contributed by atoms with Crippen LogP contribution in [0.25, 0.3) is 28.3 Å². The third kappa shape index (κ3) is 3.16. The Labute approximate surface area is 171 Å². The molecule has 4 aromatic rings. The number of benzene rings is 2. The number of nitrogens with zero attached hydrogens (tertiary/aromatic N) is 3. The lowest BCUT2D eigenvalue weighted by Gasteiger charge is -2.11. The first-order valence-corrected chi connectivity index (χ1v) is 10.1. The highest BCUT2D eigenvalue weighted by atomic mass is 35.5. The van der Waals surface area contributed by atoms with Crippen molar-refractivity contribution in [2.24, 2.45) is 0 Å². The molecule has 2 aromatic heterocycles. The molecule has 2 heterocycles. The van der Waals surface area contributed by atoms with Gasteiger partial charge in [0.25, 0.3) is 0 Å². The van der Waals surface area contributed by atoms with Crippen LogP contribution in [0.1, 0.15) is 0 Å². The third-order valence-electron chi connectivity index (χ3n) is 4.29. The average Bonchev–Trinajstić information content (AvgIpc) is 3.09. The maximum Gasteiger partial charge on any atom is 0.234 e. The minimum Gasteiger partial charge on any atom is -0.497 e. The Bertz CT molecular complexity index is 1130. The molecule has 0 radical (unpaired) electrons. The largest absolute Gasteiger partial charge is 0.497 e. The predicted octanol–water partition coefficient (Wildman–Crippen LogP) is 6.10. The van der Waals surface area contributed by atoms with Crippen molar-refractivity contribution in [3.05, 3.63) is 64.9 Å². The van der Waals surface area contributed by atoms with Gasteiger partial charge in [-0.05, 0) is 42.7 Å². The molecule has 0 saturated heterocycles. The quantitative estimate of drug-likeness (QED) is 0.377. The van der Waals surface area contributed by atoms with E-state index < -0.39 is 0 Å². The average molecular weight is 416 g/mol. The van der Waals surface area contributed by atoms with E-state index in [0.29, 0.717) is 15.8 Å². The molecule has 7 heteroatoms. The van der Waals surface area contributed by atoms with E-state index in [4.69, 9.17) is 32.9 Å². The lowest BCUT2D eigenvalue weighted by Crippen LogP contribution is -1.92. The van der Waals surface area contributed by atoms with E-state index in [1.54, 1.807) is 25.1 Å². The lowest BCUT2D eigenvalue weighted by molar-refractivity contribution is 0.415. The molecule has 0 N–H and O–H groups in total. The first-order valence-electron chi connectivity index (χ1n) is 8.14. The van der Waals surface area contributed by atoms with Crippen molar-refractivity contribution in [1.29, 1.82) is 0 Å². The van der Waals surface area contributed by atoms with Gasteiger partial charge in [0.15, 0.2) is 0 Å². The van der Waals surface area contributed by atoms with Gasteiger partial charge in [0.1, 0.15) is 5.75 Å². The van der Waals surface area contributed by atoms with Crippen LogP contribution in [0.15, 0.2) is 59.8 Å². The fourth-order valence-corrected chi connectivity index (χ4v) is 4.16. The highest BCUT2D eigenvalue weighted by Gasteiger charge is 2.21. The Balaban J connectivity index is 2.00. The molecule has 0 aliphatic heterocycles. The first kappa shape index (κ1) is 18.2. The minimum atomic E-state index is 0.504. The number of aromatic nitrogens is 3. The summed E-state index contributed by atoms with van der Waals surface area (Å²) in [6.45, 7) is 0. The van der Waals surface area contributed by atoms with Crippen molar-refractivity contribution in [3.63, 3.8) is 0 Å². The Hall–Kier alpha value is -2.21. The molecule has 4 rings (SSSR count). The summed E-state index contributed by atoms with van der Waals surface area (Å²) in [6.07, 6.45) is 5.61. The summed E-state index contributed by atoms with van der Waals surface area (Å²) in [5.74, 6) is 1.38. The molecule has 27 heavy (non-hydrogen) atoms. The van der Waals surface area contributed by atoms with E-state index >= 15 is 0 Å². The maximum absolute atomic E-state index is 6.65. The van der Waals surface area contributed by atoms with Crippen LogP contribution in [0, 0.1) is 0 Å². The number of hydrogen-bond acceptors (Lipinski definition) is 4. The van der Waals surface area contributed by atoms with Crippen LogP contribution in [0.5, 0.6) is 5.75 Å². The molecule has 2 aromatic carbocycles. The molecular weight excluding hydrogens is 401 g/mol. The van der Waals surface area contributed by atoms with Crippen molar-refractivity contribution in [2.45, 2.75) is 4.90 Å². The summed E-state index contributed by atoms with van der Waals surface area (Å²) >= 11 is 14.7. The second-order valence-corrected chi connectivity index (χ2v) is 7.37. The minimum absolute atomic E-state index is 0.504. The second-order valence-electron chi connectivity index (χ2n) is 5.77. The molecule has 0 aliphatic rings. The molecule has 0 spiro atoms. The van der Waals surface area contributed by atoms with Crippen molar-refractivity contribution >= 4 is 40.7 Å². The van der Waals surface area contributed by atoms with Gasteiger partial charge in [-0.3, -0.25) is 4.40 Å². The fourth-order valence-electron chi connectivity index (χ4n) is 2.97. The van der Waals surface area contributed by atoms with E-state index in [1.165, 1.54) is 0 Å². The Morgan fingerprint density at radius 2 is 1.81 bits per heavy atom. The van der Waals surface area contributed by atoms with Crippen molar-refractivity contribution in [2.75, 3.05) is 13.4 Å². The standard InChI is InChI=1S/C20H15Cl2N3OS/c1-26-13-6-4-12(5-7-13)18-19(25-11-3-10-23-20(25)24-18)14-8-9-15(27-2)17(22)16(14)21/h3-11H,1-2H3. The number of fused-ring (bicyclic) bond motifs is 1. The van der Waals surface area contributed by atoms with Crippen LogP contribution in [-0.4, -0.2) is 27.7 Å². The topological polar surface area (TPSA) is 39.4 Å². The van der Waals surface area contributed by atoms with E-state index in [0.717, 1.165) is 33.2 Å². The number of ether oxygens (including phenoxy) is 1. The van der Waals surface area contributed by atoms with Crippen molar-refractivity contribution in [3.8, 4) is 28.3 Å². The number of thioether (sulfide) groups is 1. The molecular formula is C20H15Cl2N3OS. The molecule has 0 bridgehead atoms. The monoisotopic (exact) mass is 415 g/mol. The molecule has 0 amide bonds. The Morgan fingerprint density at radius 1 is 1.04 bits per heavy atom. The predicted molar refractivity (Wildman–Crippen MR) is 112 cm³/mol. The van der Waals surface area contributed by atoms with Crippen LogP contribution in [0.3, 0.4) is 0 Å². The molecule has 136 valence electrons. The van der Waals surface area contributed by atoms with Gasteiger partial charge in [-0.1, -0.05) is 29.3 Å². The molecule has 4 nitrogen and oxygen atoms in total. The smallest absolute Gasteiger partial charge is 0.234 e. The third-order valence-corrected chi connectivity index (χ3v) is 6.06. The van der Waals surface area contributed by atoms with Gasteiger partial charge in [-0.15, -0.1) is 11.8 Å². The summed E-state index contributed by atoms with van der Waals surface area (Å²) in [6, 6.07) is 13.6. The summed E-state index contributed by atoms with van der Waals surface area (Å²) in [4.78, 5) is 10.0. The molecule has 0 saturated carbocycles. The van der Waals surface area contributed by atoms with Crippen LogP contribution in [-0.2, 0) is 0 Å². The number of hydrogen-bond donors (Lipinski definition) is 0. The number of methoxy groups -OCH3 is 1. The summed E-state index contributed by atoms with van der Waals surface area (Å²) in [7, 11) is 1.64. The zero-order valence-electron chi connectivity index (χ0n) is 14.6. The fraction of sp³-hybridized carbons (Fsp3) is 0.100. The van der Waals surface area contributed by atoms with Gasteiger partial charge < -0.3 is 4.74 Å². The zero-order chi connectivity index (χ0) is 19.0. The van der Waals surface area contributed by atoms with E-state index in [1.807, 2.05) is 59.3 Å². The van der Waals surface area contributed by atoms with E-state index in [-0.39, 0.29) is 0 Å². The van der Waals surface area contributed by atoms with Gasteiger partial charge in [0.2, 0.25) is 5.78 Å². The van der Waals surface area contributed by atoms with E-state index in [9.17, 15) is 0 Å². The van der Waals surface area contributed by atoms with Crippen LogP contribution in [0.2, 0.25) is 10.0 Å². The van der Waals surface area contributed by atoms with Gasteiger partial charge in [-0.2, -0.15) is 0 Å². The maximum atomic E-state index is 6.65. The van der Waals surface area contributed by atoms with Gasteiger partial charge in [0, 0.05) is 28.4 Å². The Morgan fingerprint density at radius 3 is 2.52 bits per heavy atom. The molecule has 0 unspecified atom stereocenters. The lowest BCUT2D eigenvalue weighted by atomic mass is 10.0. The van der Waals surface area contributed by atoms with E-state index in [2.05, 4.69) is 4.98 Å².